The van der Waals surface area contributed by atoms with Crippen molar-refractivity contribution >= 4 is 11.6 Å². The summed E-state index contributed by atoms with van der Waals surface area (Å²) in [7, 11) is 3.18. The smallest absolute Gasteiger partial charge is 0.241 e. The van der Waals surface area contributed by atoms with Crippen LogP contribution in [0, 0.1) is 0 Å². The van der Waals surface area contributed by atoms with Crippen molar-refractivity contribution in [2.45, 2.75) is 19.9 Å². The van der Waals surface area contributed by atoms with E-state index in [2.05, 4.69) is 22.0 Å². The highest BCUT2D eigenvalue weighted by Gasteiger charge is 2.25. The van der Waals surface area contributed by atoms with Crippen molar-refractivity contribution in [1.82, 2.24) is 9.80 Å². The minimum Gasteiger partial charge on any atom is -0.497 e. The maximum absolute atomic E-state index is 12.5. The molecule has 1 amide bonds. The van der Waals surface area contributed by atoms with E-state index in [4.69, 9.17) is 9.47 Å². The Hall–Kier alpha value is -1.79. The SMILES string of the molecule is CCN1CCN(C(C)C(=O)Nc2ccc(OC)cc2OC)CC1. The summed E-state index contributed by atoms with van der Waals surface area (Å²) >= 11 is 0. The van der Waals surface area contributed by atoms with Gasteiger partial charge < -0.3 is 19.7 Å². The molecule has 2 rings (SSSR count). The molecule has 128 valence electrons. The maximum Gasteiger partial charge on any atom is 0.241 e. The van der Waals surface area contributed by atoms with Gasteiger partial charge in [0.1, 0.15) is 11.5 Å². The fourth-order valence-corrected chi connectivity index (χ4v) is 2.77. The quantitative estimate of drug-likeness (QED) is 0.864. The van der Waals surface area contributed by atoms with E-state index in [1.54, 1.807) is 26.4 Å². The third-order valence-electron chi connectivity index (χ3n) is 4.45. The minimum absolute atomic E-state index is 0.0154. The number of anilines is 1. The lowest BCUT2D eigenvalue weighted by Gasteiger charge is -2.36. The summed E-state index contributed by atoms with van der Waals surface area (Å²) in [6, 6.07) is 5.21. The topological polar surface area (TPSA) is 54.0 Å². The van der Waals surface area contributed by atoms with Gasteiger partial charge in [-0.05, 0) is 25.6 Å². The first-order valence-electron chi connectivity index (χ1n) is 8.08. The third-order valence-corrected chi connectivity index (χ3v) is 4.45. The molecule has 1 unspecified atom stereocenters. The van der Waals surface area contributed by atoms with Gasteiger partial charge in [0.2, 0.25) is 5.91 Å². The second kappa shape index (κ2) is 8.17. The molecule has 1 fully saturated rings. The van der Waals surface area contributed by atoms with Crippen LogP contribution in [0.15, 0.2) is 18.2 Å². The number of nitrogens with one attached hydrogen (secondary N) is 1. The number of rotatable bonds is 6. The van der Waals surface area contributed by atoms with Crippen LogP contribution in [-0.4, -0.2) is 68.7 Å². The van der Waals surface area contributed by atoms with Crippen molar-refractivity contribution in [2.24, 2.45) is 0 Å². The Labute approximate surface area is 138 Å². The number of carbonyl (C=O) groups excluding carboxylic acids is 1. The van der Waals surface area contributed by atoms with Crippen molar-refractivity contribution in [3.63, 3.8) is 0 Å². The average Bonchev–Trinajstić information content (AvgIpc) is 2.61. The number of piperazine rings is 1. The lowest BCUT2D eigenvalue weighted by atomic mass is 10.2. The molecule has 1 N–H and O–H groups in total. The molecule has 0 radical (unpaired) electrons. The largest absolute Gasteiger partial charge is 0.497 e. The van der Waals surface area contributed by atoms with E-state index in [0.717, 1.165) is 32.7 Å². The Balaban J connectivity index is 1.98. The number of likely N-dealkylation sites (N-methyl/N-ethyl adjacent to an activating group) is 1. The summed E-state index contributed by atoms with van der Waals surface area (Å²) < 4.78 is 10.5. The predicted octanol–water partition coefficient (Wildman–Crippen LogP) is 1.67. The Bertz CT molecular complexity index is 528. The molecule has 1 saturated heterocycles. The van der Waals surface area contributed by atoms with Gasteiger partial charge in [-0.25, -0.2) is 0 Å². The lowest BCUT2D eigenvalue weighted by Crippen LogP contribution is -2.52. The normalized spacial score (nSPS) is 17.6. The number of nitrogens with zero attached hydrogens (tertiary/aromatic N) is 2. The molecule has 6 heteroatoms. The summed E-state index contributed by atoms with van der Waals surface area (Å²) in [5.74, 6) is 1.28. The molecule has 1 aromatic rings. The number of amides is 1. The molecule has 1 aliphatic heterocycles. The molecule has 0 spiro atoms. The van der Waals surface area contributed by atoms with Crippen LogP contribution in [0.2, 0.25) is 0 Å². The van der Waals surface area contributed by atoms with E-state index in [0.29, 0.717) is 17.2 Å². The second-order valence-corrected chi connectivity index (χ2v) is 5.70. The average molecular weight is 321 g/mol. The Kier molecular flexibility index (Phi) is 6.24. The summed E-state index contributed by atoms with van der Waals surface area (Å²) in [5.41, 5.74) is 0.664. The van der Waals surface area contributed by atoms with Crippen molar-refractivity contribution in [2.75, 3.05) is 52.3 Å². The van der Waals surface area contributed by atoms with Crippen LogP contribution in [0.4, 0.5) is 5.69 Å². The van der Waals surface area contributed by atoms with Crippen LogP contribution in [0.5, 0.6) is 11.5 Å². The molecule has 1 aliphatic rings. The summed E-state index contributed by atoms with van der Waals surface area (Å²) in [5, 5.41) is 2.96. The van der Waals surface area contributed by atoms with Gasteiger partial charge in [0, 0.05) is 32.2 Å². The Morgan fingerprint density at radius 2 is 1.91 bits per heavy atom. The number of benzene rings is 1. The zero-order chi connectivity index (χ0) is 16.8. The van der Waals surface area contributed by atoms with E-state index in [1.165, 1.54) is 0 Å². The van der Waals surface area contributed by atoms with Gasteiger partial charge in [-0.3, -0.25) is 9.69 Å². The molecule has 0 saturated carbocycles. The van der Waals surface area contributed by atoms with Gasteiger partial charge in [0.15, 0.2) is 0 Å². The summed E-state index contributed by atoms with van der Waals surface area (Å²) in [6.45, 7) is 9.05. The van der Waals surface area contributed by atoms with Crippen LogP contribution in [0.25, 0.3) is 0 Å². The number of hydrogen-bond acceptors (Lipinski definition) is 5. The molecular weight excluding hydrogens is 294 g/mol. The van der Waals surface area contributed by atoms with Crippen molar-refractivity contribution < 1.29 is 14.3 Å². The zero-order valence-corrected chi connectivity index (χ0v) is 14.5. The van der Waals surface area contributed by atoms with Crippen LogP contribution >= 0.6 is 0 Å². The van der Waals surface area contributed by atoms with Crippen molar-refractivity contribution in [1.29, 1.82) is 0 Å². The first-order valence-corrected chi connectivity index (χ1v) is 8.08. The van der Waals surface area contributed by atoms with Crippen molar-refractivity contribution in [3.05, 3.63) is 18.2 Å². The number of methoxy groups -OCH3 is 2. The van der Waals surface area contributed by atoms with Crippen LogP contribution < -0.4 is 14.8 Å². The lowest BCUT2D eigenvalue weighted by molar-refractivity contribution is -0.121. The van der Waals surface area contributed by atoms with Gasteiger partial charge in [-0.1, -0.05) is 6.92 Å². The fraction of sp³-hybridized carbons (Fsp3) is 0.588. The highest BCUT2D eigenvalue weighted by atomic mass is 16.5. The molecule has 6 nitrogen and oxygen atoms in total. The molecular formula is C17H27N3O3. The monoisotopic (exact) mass is 321 g/mol. The highest BCUT2D eigenvalue weighted by Crippen LogP contribution is 2.29. The Morgan fingerprint density at radius 3 is 2.48 bits per heavy atom. The van der Waals surface area contributed by atoms with Crippen LogP contribution in [0.1, 0.15) is 13.8 Å². The summed E-state index contributed by atoms with van der Waals surface area (Å²) in [4.78, 5) is 17.1. The van der Waals surface area contributed by atoms with E-state index >= 15 is 0 Å². The van der Waals surface area contributed by atoms with Gasteiger partial charge >= 0.3 is 0 Å². The molecule has 0 aliphatic carbocycles. The molecule has 0 bridgehead atoms. The summed E-state index contributed by atoms with van der Waals surface area (Å²) in [6.07, 6.45) is 0. The highest BCUT2D eigenvalue weighted by molar-refractivity contribution is 5.96. The van der Waals surface area contributed by atoms with E-state index < -0.39 is 0 Å². The van der Waals surface area contributed by atoms with E-state index in [9.17, 15) is 4.79 Å². The van der Waals surface area contributed by atoms with Gasteiger partial charge in [0.05, 0.1) is 25.9 Å². The molecule has 1 aromatic carbocycles. The van der Waals surface area contributed by atoms with Gasteiger partial charge in [0.25, 0.3) is 0 Å². The molecule has 1 atom stereocenters. The van der Waals surface area contributed by atoms with Crippen LogP contribution in [0.3, 0.4) is 0 Å². The maximum atomic E-state index is 12.5. The number of ether oxygens (including phenoxy) is 2. The minimum atomic E-state index is -0.166. The predicted molar refractivity (Wildman–Crippen MR) is 91.3 cm³/mol. The first-order chi connectivity index (χ1) is 11.1. The molecule has 23 heavy (non-hydrogen) atoms. The number of carbonyl (C=O) groups is 1. The van der Waals surface area contributed by atoms with Gasteiger partial charge in [-0.2, -0.15) is 0 Å². The second-order valence-electron chi connectivity index (χ2n) is 5.70. The van der Waals surface area contributed by atoms with E-state index in [-0.39, 0.29) is 11.9 Å². The van der Waals surface area contributed by atoms with Gasteiger partial charge in [-0.15, -0.1) is 0 Å². The number of hydrogen-bond donors (Lipinski definition) is 1. The zero-order valence-electron chi connectivity index (χ0n) is 14.5. The first kappa shape index (κ1) is 17.6. The standard InChI is InChI=1S/C17H27N3O3/c1-5-19-8-10-20(11-9-19)13(2)17(21)18-15-7-6-14(22-3)12-16(15)23-4/h6-7,12-13H,5,8-11H2,1-4H3,(H,18,21). The van der Waals surface area contributed by atoms with E-state index in [1.807, 2.05) is 13.0 Å². The Morgan fingerprint density at radius 1 is 1.22 bits per heavy atom. The molecule has 1 heterocycles. The third kappa shape index (κ3) is 4.36. The van der Waals surface area contributed by atoms with Crippen molar-refractivity contribution in [3.8, 4) is 11.5 Å². The van der Waals surface area contributed by atoms with Crippen LogP contribution in [-0.2, 0) is 4.79 Å². The fourth-order valence-electron chi connectivity index (χ4n) is 2.77. The molecule has 0 aromatic heterocycles.